The van der Waals surface area contributed by atoms with E-state index in [2.05, 4.69) is 10.1 Å². The number of nitrogens with one attached hydrogen (secondary N) is 1. The van der Waals surface area contributed by atoms with Crippen LogP contribution in [-0.2, 0) is 0 Å². The molecule has 0 unspecified atom stereocenters. The number of hydrogen-bond acceptors (Lipinski definition) is 3. The predicted molar refractivity (Wildman–Crippen MR) is 42.5 cm³/mol. The van der Waals surface area contributed by atoms with Gasteiger partial charge in [0.05, 0.1) is 12.3 Å². The zero-order chi connectivity index (χ0) is 8.72. The molecule has 6 heteroatoms. The molecule has 0 aliphatic carbocycles. The molecule has 0 aliphatic heterocycles. The number of halogens is 1. The first kappa shape index (κ1) is 7.17. The average molecular weight is 186 g/mol. The van der Waals surface area contributed by atoms with Crippen LogP contribution in [0.5, 0.6) is 5.88 Å². The van der Waals surface area contributed by atoms with Crippen LogP contribution < -0.4 is 5.56 Å². The SMILES string of the molecule is O=c1cc(O)n2ncc(Cl)c2[nH]1. The van der Waals surface area contributed by atoms with Gasteiger partial charge in [-0.05, 0) is 0 Å². The van der Waals surface area contributed by atoms with E-state index in [9.17, 15) is 9.90 Å². The normalized spacial score (nSPS) is 10.8. The van der Waals surface area contributed by atoms with Gasteiger partial charge < -0.3 is 10.1 Å². The van der Waals surface area contributed by atoms with Crippen molar-refractivity contribution < 1.29 is 5.11 Å². The van der Waals surface area contributed by atoms with E-state index in [4.69, 9.17) is 11.6 Å². The van der Waals surface area contributed by atoms with Crippen molar-refractivity contribution in [2.45, 2.75) is 0 Å². The van der Waals surface area contributed by atoms with Crippen LogP contribution in [0.2, 0.25) is 5.02 Å². The molecule has 2 heterocycles. The van der Waals surface area contributed by atoms with Crippen molar-refractivity contribution in [2.75, 3.05) is 0 Å². The minimum Gasteiger partial charge on any atom is -0.493 e. The summed E-state index contributed by atoms with van der Waals surface area (Å²) in [7, 11) is 0. The predicted octanol–water partition coefficient (Wildman–Crippen LogP) is 0.382. The van der Waals surface area contributed by atoms with Crippen molar-refractivity contribution in [3.8, 4) is 5.88 Å². The molecule has 0 saturated heterocycles. The van der Waals surface area contributed by atoms with Crippen LogP contribution in [0.3, 0.4) is 0 Å². The minimum atomic E-state index is -0.414. The van der Waals surface area contributed by atoms with E-state index in [1.807, 2.05) is 0 Å². The average Bonchev–Trinajstić information content (AvgIpc) is 2.33. The van der Waals surface area contributed by atoms with Gasteiger partial charge in [-0.2, -0.15) is 9.61 Å². The first-order valence-electron chi connectivity index (χ1n) is 3.14. The van der Waals surface area contributed by atoms with Crippen molar-refractivity contribution in [3.05, 3.63) is 27.6 Å². The molecule has 2 aromatic rings. The van der Waals surface area contributed by atoms with Crippen LogP contribution in [0.15, 0.2) is 17.1 Å². The highest BCUT2D eigenvalue weighted by molar-refractivity contribution is 6.33. The van der Waals surface area contributed by atoms with Crippen LogP contribution >= 0.6 is 11.6 Å². The molecule has 0 fully saturated rings. The number of aromatic hydroxyl groups is 1. The van der Waals surface area contributed by atoms with E-state index in [1.165, 1.54) is 6.20 Å². The maximum Gasteiger partial charge on any atom is 0.254 e. The molecule has 2 rings (SSSR count). The lowest BCUT2D eigenvalue weighted by atomic mass is 10.6. The van der Waals surface area contributed by atoms with Crippen molar-refractivity contribution in [1.29, 1.82) is 0 Å². The summed E-state index contributed by atoms with van der Waals surface area (Å²) >= 11 is 5.65. The number of fused-ring (bicyclic) bond motifs is 1. The number of hydrogen-bond donors (Lipinski definition) is 2. The Bertz CT molecular complexity index is 487. The van der Waals surface area contributed by atoms with Crippen LogP contribution in [0.1, 0.15) is 0 Å². The molecular formula is C6H4ClN3O2. The summed E-state index contributed by atoms with van der Waals surface area (Å²) in [5, 5.41) is 13.2. The van der Waals surface area contributed by atoms with Crippen LogP contribution in [0.25, 0.3) is 5.65 Å². The summed E-state index contributed by atoms with van der Waals surface area (Å²) in [5.41, 5.74) is -0.121. The molecule has 0 bridgehead atoms. The third kappa shape index (κ3) is 0.868. The molecular weight excluding hydrogens is 182 g/mol. The van der Waals surface area contributed by atoms with Gasteiger partial charge in [-0.25, -0.2) is 0 Å². The number of H-pyrrole nitrogens is 1. The Morgan fingerprint density at radius 3 is 3.17 bits per heavy atom. The molecule has 0 radical (unpaired) electrons. The molecule has 12 heavy (non-hydrogen) atoms. The Balaban J connectivity index is 3.02. The lowest BCUT2D eigenvalue weighted by Gasteiger charge is -1.94. The molecule has 2 aromatic heterocycles. The summed E-state index contributed by atoms with van der Waals surface area (Å²) in [6.45, 7) is 0. The number of aromatic amines is 1. The summed E-state index contributed by atoms with van der Waals surface area (Å²) < 4.78 is 1.14. The van der Waals surface area contributed by atoms with Gasteiger partial charge in [-0.3, -0.25) is 4.79 Å². The molecule has 62 valence electrons. The van der Waals surface area contributed by atoms with Gasteiger partial charge in [0, 0.05) is 0 Å². The zero-order valence-corrected chi connectivity index (χ0v) is 6.54. The highest BCUT2D eigenvalue weighted by atomic mass is 35.5. The highest BCUT2D eigenvalue weighted by Gasteiger charge is 2.05. The standard InChI is InChI=1S/C6H4ClN3O2/c7-3-2-8-10-5(12)1-4(11)9-6(3)10/h1-2,12H,(H,9,11). The van der Waals surface area contributed by atoms with Gasteiger partial charge >= 0.3 is 0 Å². The first-order valence-corrected chi connectivity index (χ1v) is 3.52. The van der Waals surface area contributed by atoms with Crippen LogP contribution in [-0.4, -0.2) is 19.7 Å². The number of nitrogens with zero attached hydrogens (tertiary/aromatic N) is 2. The van der Waals surface area contributed by atoms with E-state index in [0.717, 1.165) is 10.6 Å². The lowest BCUT2D eigenvalue weighted by molar-refractivity contribution is 0.434. The fourth-order valence-electron chi connectivity index (χ4n) is 0.946. The smallest absolute Gasteiger partial charge is 0.254 e. The fourth-order valence-corrected chi connectivity index (χ4v) is 1.12. The van der Waals surface area contributed by atoms with Crippen molar-refractivity contribution in [2.24, 2.45) is 0 Å². The van der Waals surface area contributed by atoms with Gasteiger partial charge in [-0.1, -0.05) is 11.6 Å². The van der Waals surface area contributed by atoms with E-state index in [0.29, 0.717) is 10.7 Å². The molecule has 5 nitrogen and oxygen atoms in total. The summed E-state index contributed by atoms with van der Waals surface area (Å²) in [4.78, 5) is 13.3. The van der Waals surface area contributed by atoms with E-state index in [-0.39, 0.29) is 5.88 Å². The summed E-state index contributed by atoms with van der Waals surface area (Å²) in [6.07, 6.45) is 1.34. The van der Waals surface area contributed by atoms with E-state index in [1.54, 1.807) is 0 Å². The fraction of sp³-hybridized carbons (Fsp3) is 0. The van der Waals surface area contributed by atoms with Crippen molar-refractivity contribution in [3.63, 3.8) is 0 Å². The van der Waals surface area contributed by atoms with E-state index >= 15 is 0 Å². The van der Waals surface area contributed by atoms with Gasteiger partial charge in [0.2, 0.25) is 5.88 Å². The maximum absolute atomic E-state index is 10.8. The van der Waals surface area contributed by atoms with Crippen LogP contribution in [0, 0.1) is 0 Å². The second-order valence-corrected chi connectivity index (χ2v) is 2.65. The third-order valence-electron chi connectivity index (χ3n) is 1.44. The highest BCUT2D eigenvalue weighted by Crippen LogP contribution is 2.15. The lowest BCUT2D eigenvalue weighted by Crippen LogP contribution is -2.06. The van der Waals surface area contributed by atoms with Gasteiger partial charge in [0.15, 0.2) is 5.65 Å². The monoisotopic (exact) mass is 185 g/mol. The third-order valence-corrected chi connectivity index (χ3v) is 1.72. The first-order chi connectivity index (χ1) is 5.68. The second-order valence-electron chi connectivity index (χ2n) is 2.24. The largest absolute Gasteiger partial charge is 0.493 e. The molecule has 0 saturated carbocycles. The van der Waals surface area contributed by atoms with Gasteiger partial charge in [0.25, 0.3) is 5.56 Å². The Hall–Kier alpha value is -1.49. The van der Waals surface area contributed by atoms with Crippen LogP contribution in [0.4, 0.5) is 0 Å². The molecule has 0 aromatic carbocycles. The Morgan fingerprint density at radius 1 is 1.67 bits per heavy atom. The maximum atomic E-state index is 10.8. The molecule has 2 N–H and O–H groups in total. The molecule has 0 aliphatic rings. The Kier molecular flexibility index (Phi) is 1.34. The summed E-state index contributed by atoms with van der Waals surface area (Å²) in [5.74, 6) is -0.236. The number of rotatable bonds is 0. The van der Waals surface area contributed by atoms with Crippen molar-refractivity contribution >= 4 is 17.2 Å². The van der Waals surface area contributed by atoms with Crippen molar-refractivity contribution in [1.82, 2.24) is 14.6 Å². The zero-order valence-electron chi connectivity index (χ0n) is 5.78. The quantitative estimate of drug-likeness (QED) is 0.624. The molecule has 0 amide bonds. The Morgan fingerprint density at radius 2 is 2.42 bits per heavy atom. The topological polar surface area (TPSA) is 70.4 Å². The Labute approximate surface area is 71.2 Å². The number of aromatic nitrogens is 3. The minimum absolute atomic E-state index is 0.236. The van der Waals surface area contributed by atoms with Gasteiger partial charge in [0.1, 0.15) is 5.02 Å². The second kappa shape index (κ2) is 2.25. The van der Waals surface area contributed by atoms with E-state index < -0.39 is 5.56 Å². The molecule has 0 spiro atoms. The van der Waals surface area contributed by atoms with Gasteiger partial charge in [-0.15, -0.1) is 0 Å². The molecule has 0 atom stereocenters. The summed E-state index contributed by atoms with van der Waals surface area (Å²) in [6, 6.07) is 1.02.